The van der Waals surface area contributed by atoms with Crippen LogP contribution in [0.1, 0.15) is 56.0 Å². The van der Waals surface area contributed by atoms with E-state index in [9.17, 15) is 18.8 Å². The number of ether oxygens (including phenoxy) is 1. The molecular formula is C31H39F2N7O4. The van der Waals surface area contributed by atoms with Gasteiger partial charge < -0.3 is 25.6 Å². The van der Waals surface area contributed by atoms with E-state index in [1.54, 1.807) is 51.0 Å². The third-order valence-electron chi connectivity index (χ3n) is 7.00. The zero-order chi connectivity index (χ0) is 31.9. The molecule has 11 nitrogen and oxygen atoms in total. The third kappa shape index (κ3) is 8.98. The summed E-state index contributed by atoms with van der Waals surface area (Å²) in [4.78, 5) is 44.3. The van der Waals surface area contributed by atoms with E-state index in [0.717, 1.165) is 18.1 Å². The molecule has 0 saturated carbocycles. The molecule has 3 amide bonds. The Morgan fingerprint density at radius 1 is 1.11 bits per heavy atom. The molecule has 0 radical (unpaired) electrons. The zero-order valence-electron chi connectivity index (χ0n) is 25.5. The van der Waals surface area contributed by atoms with Gasteiger partial charge in [-0.25, -0.2) is 18.6 Å². The Balaban J connectivity index is 1.41. The highest BCUT2D eigenvalue weighted by Gasteiger charge is 2.29. The Labute approximate surface area is 255 Å². The van der Waals surface area contributed by atoms with E-state index in [2.05, 4.69) is 26.0 Å². The maximum absolute atomic E-state index is 15.3. The van der Waals surface area contributed by atoms with Crippen molar-refractivity contribution in [1.82, 2.24) is 30.3 Å². The summed E-state index contributed by atoms with van der Waals surface area (Å²) < 4.78 is 35.6. The SMILES string of the molecule is Cn1cc(-c2nc(NCCc3cccc(F)c3)c(C(=O)NC[C@H]3CCCN3C(=O)CCNC(=O)OC(C)(C)C)cc2F)cn1. The van der Waals surface area contributed by atoms with Gasteiger partial charge in [0.05, 0.1) is 11.8 Å². The van der Waals surface area contributed by atoms with Gasteiger partial charge in [-0.2, -0.15) is 5.10 Å². The molecule has 0 bridgehead atoms. The van der Waals surface area contributed by atoms with Crippen molar-refractivity contribution < 1.29 is 27.9 Å². The van der Waals surface area contributed by atoms with Crippen molar-refractivity contribution in [1.29, 1.82) is 0 Å². The molecule has 1 fully saturated rings. The second-order valence-corrected chi connectivity index (χ2v) is 11.7. The maximum Gasteiger partial charge on any atom is 0.407 e. The van der Waals surface area contributed by atoms with Gasteiger partial charge in [0.15, 0.2) is 5.82 Å². The fourth-order valence-electron chi connectivity index (χ4n) is 4.97. The second kappa shape index (κ2) is 14.3. The van der Waals surface area contributed by atoms with E-state index in [4.69, 9.17) is 4.74 Å². The molecule has 0 unspecified atom stereocenters. The highest BCUT2D eigenvalue weighted by molar-refractivity contribution is 5.99. The van der Waals surface area contributed by atoms with Crippen LogP contribution in [0.5, 0.6) is 0 Å². The van der Waals surface area contributed by atoms with E-state index >= 15 is 4.39 Å². The average molecular weight is 612 g/mol. The lowest BCUT2D eigenvalue weighted by molar-refractivity contribution is -0.131. The number of hydrogen-bond acceptors (Lipinski definition) is 7. The van der Waals surface area contributed by atoms with Gasteiger partial charge in [-0.05, 0) is 63.8 Å². The Kier molecular flexibility index (Phi) is 10.5. The maximum atomic E-state index is 15.3. The number of rotatable bonds is 11. The number of anilines is 1. The van der Waals surface area contributed by atoms with Crippen LogP contribution < -0.4 is 16.0 Å². The van der Waals surface area contributed by atoms with Crippen LogP contribution in [0.4, 0.5) is 19.4 Å². The van der Waals surface area contributed by atoms with Crippen LogP contribution in [-0.4, -0.2) is 75.4 Å². The summed E-state index contributed by atoms with van der Waals surface area (Å²) in [6, 6.07) is 7.09. The van der Waals surface area contributed by atoms with E-state index < -0.39 is 23.4 Å². The topological polar surface area (TPSA) is 130 Å². The van der Waals surface area contributed by atoms with Gasteiger partial charge in [-0.15, -0.1) is 0 Å². The minimum absolute atomic E-state index is 0.00631. The zero-order valence-corrected chi connectivity index (χ0v) is 25.5. The average Bonchev–Trinajstić information content (AvgIpc) is 3.60. The number of likely N-dealkylation sites (tertiary alicyclic amines) is 1. The molecule has 0 aliphatic carbocycles. The smallest absolute Gasteiger partial charge is 0.407 e. The second-order valence-electron chi connectivity index (χ2n) is 11.7. The fourth-order valence-corrected chi connectivity index (χ4v) is 4.97. The van der Waals surface area contributed by atoms with Crippen LogP contribution in [-0.2, 0) is 23.0 Å². The molecule has 1 aromatic carbocycles. The molecule has 3 heterocycles. The number of aromatic nitrogens is 3. The first-order valence-electron chi connectivity index (χ1n) is 14.6. The molecule has 0 spiro atoms. The van der Waals surface area contributed by atoms with Crippen molar-refractivity contribution in [2.24, 2.45) is 7.05 Å². The first-order valence-corrected chi connectivity index (χ1v) is 14.6. The van der Waals surface area contributed by atoms with Crippen molar-refractivity contribution in [3.63, 3.8) is 0 Å². The number of carbonyl (C=O) groups is 3. The predicted molar refractivity (Wildman–Crippen MR) is 161 cm³/mol. The summed E-state index contributed by atoms with van der Waals surface area (Å²) in [5, 5.41) is 12.6. The molecule has 4 rings (SSSR count). The number of halogens is 2. The summed E-state index contributed by atoms with van der Waals surface area (Å²) in [7, 11) is 1.70. The molecule has 2 aromatic heterocycles. The lowest BCUT2D eigenvalue weighted by Crippen LogP contribution is -2.44. The molecule has 1 aliphatic rings. The standard InChI is InChI=1S/C31H39F2N7O4/c1-31(2,3)44-30(43)35-13-11-26(41)40-14-6-9-23(40)18-36-29(42)24-16-25(33)27(21-17-37-39(4)19-21)38-28(24)34-12-10-20-7-5-8-22(32)15-20/h5,7-8,15-17,19,23H,6,9-14,18H2,1-4H3,(H,34,38)(H,35,43)(H,36,42)/t23-/m1/s1. The number of nitrogens with zero attached hydrogens (tertiary/aromatic N) is 4. The van der Waals surface area contributed by atoms with E-state index in [1.165, 1.54) is 23.0 Å². The summed E-state index contributed by atoms with van der Waals surface area (Å²) >= 11 is 0. The quantitative estimate of drug-likeness (QED) is 0.298. The molecule has 1 saturated heterocycles. The summed E-state index contributed by atoms with van der Waals surface area (Å²) in [6.07, 6.45) is 4.51. The van der Waals surface area contributed by atoms with E-state index in [-0.39, 0.29) is 54.4 Å². The molecule has 1 atom stereocenters. The van der Waals surface area contributed by atoms with Crippen LogP contribution >= 0.6 is 0 Å². The lowest BCUT2D eigenvalue weighted by Gasteiger charge is -2.25. The number of pyridine rings is 1. The summed E-state index contributed by atoms with van der Waals surface area (Å²) in [5.41, 5.74) is 0.611. The van der Waals surface area contributed by atoms with Gasteiger partial charge in [0.2, 0.25) is 5.91 Å². The number of benzene rings is 1. The van der Waals surface area contributed by atoms with Crippen molar-refractivity contribution in [3.05, 3.63) is 65.5 Å². The van der Waals surface area contributed by atoms with Gasteiger partial charge in [0.25, 0.3) is 5.91 Å². The normalized spacial score (nSPS) is 14.8. The van der Waals surface area contributed by atoms with Gasteiger partial charge in [0.1, 0.15) is 22.9 Å². The molecule has 1 aliphatic heterocycles. The monoisotopic (exact) mass is 611 g/mol. The van der Waals surface area contributed by atoms with E-state index in [1.807, 2.05) is 0 Å². The number of hydrogen-bond donors (Lipinski definition) is 3. The third-order valence-corrected chi connectivity index (χ3v) is 7.00. The molecular weight excluding hydrogens is 572 g/mol. The molecule has 3 N–H and O–H groups in total. The first-order chi connectivity index (χ1) is 20.9. The molecule has 236 valence electrons. The minimum Gasteiger partial charge on any atom is -0.444 e. The molecule has 44 heavy (non-hydrogen) atoms. The lowest BCUT2D eigenvalue weighted by atomic mass is 10.1. The number of carbonyl (C=O) groups excluding carboxylic acids is 3. The largest absolute Gasteiger partial charge is 0.444 e. The summed E-state index contributed by atoms with van der Waals surface area (Å²) in [6.45, 7) is 6.41. The Morgan fingerprint density at radius 3 is 2.61 bits per heavy atom. The van der Waals surface area contributed by atoms with Crippen LogP contribution in [0.2, 0.25) is 0 Å². The highest BCUT2D eigenvalue weighted by Crippen LogP contribution is 2.26. The number of aryl methyl sites for hydroxylation is 1. The van der Waals surface area contributed by atoms with Crippen LogP contribution in [0.3, 0.4) is 0 Å². The van der Waals surface area contributed by atoms with Crippen LogP contribution in [0.25, 0.3) is 11.3 Å². The van der Waals surface area contributed by atoms with Crippen LogP contribution in [0.15, 0.2) is 42.7 Å². The minimum atomic E-state index is -0.686. The first kappa shape index (κ1) is 32.4. The Morgan fingerprint density at radius 2 is 1.91 bits per heavy atom. The van der Waals surface area contributed by atoms with Crippen molar-refractivity contribution >= 4 is 23.7 Å². The van der Waals surface area contributed by atoms with Crippen molar-refractivity contribution in [2.75, 3.05) is 31.5 Å². The number of amides is 3. The Hall–Kier alpha value is -4.55. The van der Waals surface area contributed by atoms with Crippen molar-refractivity contribution in [2.45, 2.75) is 58.1 Å². The molecule has 13 heteroatoms. The van der Waals surface area contributed by atoms with Crippen molar-refractivity contribution in [3.8, 4) is 11.3 Å². The van der Waals surface area contributed by atoms with Crippen LogP contribution in [0, 0.1) is 11.6 Å². The van der Waals surface area contributed by atoms with Gasteiger partial charge in [-0.1, -0.05) is 12.1 Å². The number of alkyl carbamates (subject to hydrolysis) is 1. The highest BCUT2D eigenvalue weighted by atomic mass is 19.1. The number of nitrogens with one attached hydrogen (secondary N) is 3. The van der Waals surface area contributed by atoms with Gasteiger partial charge in [-0.3, -0.25) is 14.3 Å². The van der Waals surface area contributed by atoms with Gasteiger partial charge >= 0.3 is 6.09 Å². The fraction of sp³-hybridized carbons (Fsp3) is 0.452. The van der Waals surface area contributed by atoms with Gasteiger partial charge in [0, 0.05) is 57.4 Å². The predicted octanol–water partition coefficient (Wildman–Crippen LogP) is 4.05. The molecule has 3 aromatic rings. The summed E-state index contributed by atoms with van der Waals surface area (Å²) in [5.74, 6) is -1.56. The Bertz CT molecular complexity index is 1490. The van der Waals surface area contributed by atoms with E-state index in [0.29, 0.717) is 31.5 Å².